The smallest absolute Gasteiger partial charge is 0.285 e. The lowest BCUT2D eigenvalue weighted by molar-refractivity contribution is -0.162. The second-order valence-electron chi connectivity index (χ2n) is 5.72. The number of carbonyl (C=O) groups excluding carboxylic acids is 1. The number of rotatable bonds is 4. The molecule has 0 unspecified atom stereocenters. The normalized spacial score (nSPS) is 11.8. The first kappa shape index (κ1) is 18.2. The fourth-order valence-corrected chi connectivity index (χ4v) is 6.68. The third kappa shape index (κ3) is 3.51. The number of ketones is 1. The molecule has 0 atom stereocenters. The van der Waals surface area contributed by atoms with Gasteiger partial charge in [-0.25, -0.2) is 0 Å². The SMILES string of the molecule is O=C(C=P(c1ccccc1)(c1ccccc1)c1ccccc1)C(F)(F)F. The number of benzene rings is 3. The van der Waals surface area contributed by atoms with Crippen molar-refractivity contribution in [2.45, 2.75) is 6.18 Å². The van der Waals surface area contributed by atoms with Crippen molar-refractivity contribution in [2.24, 2.45) is 0 Å². The Morgan fingerprint density at radius 1 is 0.654 bits per heavy atom. The van der Waals surface area contributed by atoms with E-state index >= 15 is 0 Å². The Kier molecular flexibility index (Phi) is 5.15. The van der Waals surface area contributed by atoms with E-state index in [2.05, 4.69) is 0 Å². The molecule has 0 radical (unpaired) electrons. The Morgan fingerprint density at radius 3 is 1.23 bits per heavy atom. The zero-order valence-electron chi connectivity index (χ0n) is 13.7. The average molecular weight is 372 g/mol. The molecule has 0 spiro atoms. The third-order valence-electron chi connectivity index (χ3n) is 4.08. The standard InChI is InChI=1S/C21H16F3OP/c22-21(23,24)20(25)16-26(17-10-4-1-5-11-17,18-12-6-2-7-13-18)19-14-8-3-9-15-19/h1-16H. The highest BCUT2D eigenvalue weighted by molar-refractivity contribution is 7.95. The maximum absolute atomic E-state index is 13.2. The molecule has 0 heterocycles. The van der Waals surface area contributed by atoms with Crippen molar-refractivity contribution >= 4 is 34.4 Å². The van der Waals surface area contributed by atoms with Gasteiger partial charge in [0.05, 0.1) is 0 Å². The molecule has 0 saturated carbocycles. The molecule has 0 aliphatic carbocycles. The zero-order chi connectivity index (χ0) is 18.6. The van der Waals surface area contributed by atoms with Crippen LogP contribution in [0, 0.1) is 0 Å². The van der Waals surface area contributed by atoms with E-state index in [1.165, 1.54) is 0 Å². The summed E-state index contributed by atoms with van der Waals surface area (Å²) in [6.45, 7) is -2.90. The van der Waals surface area contributed by atoms with Crippen LogP contribution in [0.3, 0.4) is 0 Å². The molecule has 0 amide bonds. The molecule has 0 bridgehead atoms. The molecule has 0 aliphatic rings. The monoisotopic (exact) mass is 372 g/mol. The van der Waals surface area contributed by atoms with Gasteiger partial charge in [-0.1, -0.05) is 91.0 Å². The number of halogens is 3. The summed E-state index contributed by atoms with van der Waals surface area (Å²) in [7, 11) is 0. The van der Waals surface area contributed by atoms with Crippen molar-refractivity contribution in [3.8, 4) is 0 Å². The van der Waals surface area contributed by atoms with Crippen molar-refractivity contribution in [3.05, 3.63) is 91.0 Å². The van der Waals surface area contributed by atoms with Crippen LogP contribution in [0.25, 0.3) is 0 Å². The second-order valence-corrected chi connectivity index (χ2v) is 8.97. The number of Topliss-reactive ketones (excluding diaryl/α,β-unsaturated/α-hetero) is 1. The maximum Gasteiger partial charge on any atom is 0.454 e. The molecular formula is C21H16F3OP. The lowest BCUT2D eigenvalue weighted by Gasteiger charge is -2.28. The summed E-state index contributed by atoms with van der Waals surface area (Å²) in [5.74, 6) is -0.921. The van der Waals surface area contributed by atoms with E-state index in [0.29, 0.717) is 15.9 Å². The summed E-state index contributed by atoms with van der Waals surface area (Å²) in [5.41, 5.74) is 0. The number of hydrogen-bond donors (Lipinski definition) is 0. The summed E-state index contributed by atoms with van der Waals surface area (Å²) in [6, 6.07) is 26.8. The molecule has 132 valence electrons. The molecular weight excluding hydrogens is 356 g/mol. The Labute approximate surface area is 150 Å². The van der Waals surface area contributed by atoms with Gasteiger partial charge in [0.15, 0.2) is 0 Å². The van der Waals surface area contributed by atoms with Crippen LogP contribution in [0.15, 0.2) is 91.0 Å². The van der Waals surface area contributed by atoms with Crippen LogP contribution >= 0.6 is 6.89 Å². The van der Waals surface area contributed by atoms with E-state index in [1.807, 2.05) is 0 Å². The molecule has 1 nitrogen and oxygen atoms in total. The quantitative estimate of drug-likeness (QED) is 0.635. The number of carbonyl (C=O) groups is 1. The van der Waals surface area contributed by atoms with Crippen molar-refractivity contribution in [1.29, 1.82) is 0 Å². The van der Waals surface area contributed by atoms with Gasteiger partial charge in [0.25, 0.3) is 5.78 Å². The van der Waals surface area contributed by atoms with E-state index < -0.39 is 18.8 Å². The molecule has 26 heavy (non-hydrogen) atoms. The maximum atomic E-state index is 13.2. The van der Waals surface area contributed by atoms with Gasteiger partial charge in [-0.05, 0) is 22.8 Å². The molecule has 0 N–H and O–H groups in total. The van der Waals surface area contributed by atoms with Crippen LogP contribution in [-0.2, 0) is 4.79 Å². The summed E-state index contributed by atoms with van der Waals surface area (Å²) < 4.78 is 39.5. The highest BCUT2D eigenvalue weighted by atomic mass is 31.2. The highest BCUT2D eigenvalue weighted by Gasteiger charge is 2.39. The molecule has 3 rings (SSSR count). The van der Waals surface area contributed by atoms with Gasteiger partial charge in [0.1, 0.15) is 0 Å². The van der Waals surface area contributed by atoms with Gasteiger partial charge in [0.2, 0.25) is 0 Å². The largest absolute Gasteiger partial charge is 0.454 e. The Bertz CT molecular complexity index is 830. The Hall–Kier alpha value is -2.58. The van der Waals surface area contributed by atoms with Gasteiger partial charge in [-0.3, -0.25) is 4.79 Å². The first-order valence-corrected chi connectivity index (χ1v) is 9.83. The van der Waals surface area contributed by atoms with Gasteiger partial charge in [0, 0.05) is 5.80 Å². The second kappa shape index (κ2) is 7.35. The molecule has 0 aromatic heterocycles. The van der Waals surface area contributed by atoms with Crippen LogP contribution in [0.4, 0.5) is 13.2 Å². The average Bonchev–Trinajstić information content (AvgIpc) is 2.67. The minimum atomic E-state index is -4.91. The fourth-order valence-electron chi connectivity index (χ4n) is 2.91. The van der Waals surface area contributed by atoms with Crippen molar-refractivity contribution in [2.75, 3.05) is 0 Å². The van der Waals surface area contributed by atoms with Gasteiger partial charge < -0.3 is 0 Å². The zero-order valence-corrected chi connectivity index (χ0v) is 14.6. The van der Waals surface area contributed by atoms with Crippen LogP contribution in [0.5, 0.6) is 0 Å². The predicted octanol–water partition coefficient (Wildman–Crippen LogP) is 3.91. The van der Waals surface area contributed by atoms with Crippen LogP contribution in [0.2, 0.25) is 0 Å². The van der Waals surface area contributed by atoms with Crippen molar-refractivity contribution in [3.63, 3.8) is 0 Å². The fraction of sp³-hybridized carbons (Fsp3) is 0.0476. The van der Waals surface area contributed by atoms with Crippen molar-refractivity contribution < 1.29 is 18.0 Å². The molecule has 0 aliphatic heterocycles. The lowest BCUT2D eigenvalue weighted by atomic mass is 10.4. The third-order valence-corrected chi connectivity index (χ3v) is 8.04. The van der Waals surface area contributed by atoms with E-state index in [-0.39, 0.29) is 0 Å². The minimum absolute atomic E-state index is 0.704. The Morgan fingerprint density at radius 2 is 0.962 bits per heavy atom. The van der Waals surface area contributed by atoms with Crippen LogP contribution in [0.1, 0.15) is 0 Å². The van der Waals surface area contributed by atoms with Gasteiger partial charge in [-0.2, -0.15) is 13.2 Å². The highest BCUT2D eigenvalue weighted by Crippen LogP contribution is 2.44. The molecule has 0 saturated heterocycles. The summed E-state index contributed by atoms with van der Waals surface area (Å²) in [4.78, 5) is 12.0. The minimum Gasteiger partial charge on any atom is -0.285 e. The number of hydrogen-bond acceptors (Lipinski definition) is 1. The van der Waals surface area contributed by atoms with E-state index in [1.54, 1.807) is 91.0 Å². The molecule has 0 fully saturated rings. The first-order chi connectivity index (χ1) is 12.4. The Balaban J connectivity index is 2.44. The van der Waals surface area contributed by atoms with Gasteiger partial charge in [-0.15, -0.1) is 0 Å². The number of alkyl halides is 3. The first-order valence-electron chi connectivity index (χ1n) is 7.97. The molecule has 3 aromatic carbocycles. The topological polar surface area (TPSA) is 17.1 Å². The van der Waals surface area contributed by atoms with Crippen molar-refractivity contribution in [1.82, 2.24) is 0 Å². The van der Waals surface area contributed by atoms with Crippen LogP contribution < -0.4 is 15.9 Å². The van der Waals surface area contributed by atoms with Crippen LogP contribution in [-0.4, -0.2) is 17.8 Å². The predicted molar refractivity (Wildman–Crippen MR) is 102 cm³/mol. The van der Waals surface area contributed by atoms with E-state index in [4.69, 9.17) is 0 Å². The lowest BCUT2D eigenvalue weighted by Crippen LogP contribution is -2.32. The molecule has 3 aromatic rings. The summed E-state index contributed by atoms with van der Waals surface area (Å²) in [5, 5.41) is 2.11. The summed E-state index contributed by atoms with van der Waals surface area (Å²) in [6.07, 6.45) is -4.91. The molecule has 5 heteroatoms. The van der Waals surface area contributed by atoms with Gasteiger partial charge >= 0.3 is 6.18 Å². The van der Waals surface area contributed by atoms with E-state index in [0.717, 1.165) is 5.80 Å². The van der Waals surface area contributed by atoms with E-state index in [9.17, 15) is 18.0 Å². The summed E-state index contributed by atoms with van der Waals surface area (Å²) >= 11 is 0.